The van der Waals surface area contributed by atoms with Gasteiger partial charge in [0.2, 0.25) is 11.8 Å². The first-order valence-corrected chi connectivity index (χ1v) is 13.8. The fourth-order valence-electron chi connectivity index (χ4n) is 4.22. The summed E-state index contributed by atoms with van der Waals surface area (Å²) in [4.78, 5) is 42.4. The second kappa shape index (κ2) is 14.1. The van der Waals surface area contributed by atoms with E-state index in [1.54, 1.807) is 45.0 Å². The molecule has 0 fully saturated rings. The van der Waals surface area contributed by atoms with Gasteiger partial charge in [-0.05, 0) is 83.4 Å². The number of benzene rings is 2. The van der Waals surface area contributed by atoms with E-state index >= 15 is 0 Å². The summed E-state index contributed by atoms with van der Waals surface area (Å²) in [5, 5.41) is 25.7. The molecule has 2 rings (SSSR count). The predicted molar refractivity (Wildman–Crippen MR) is 155 cm³/mol. The number of carbonyl (C=O) groups is 3. The zero-order valence-electron chi connectivity index (χ0n) is 24.8. The highest BCUT2D eigenvalue weighted by Gasteiger charge is 2.37. The zero-order chi connectivity index (χ0) is 30.1. The fourth-order valence-corrected chi connectivity index (χ4v) is 4.22. The Hall–Kier alpha value is -3.75. The SMILES string of the molecule is CCCCCN(C(=O)C(Cc1ccc(O)cc1)NC(=O)OC(C)(C)C)C(C(=O)NC(C)(C)C)c1cccc(O)c1. The van der Waals surface area contributed by atoms with Crippen LogP contribution in [0.2, 0.25) is 0 Å². The average molecular weight is 556 g/mol. The van der Waals surface area contributed by atoms with Crippen LogP contribution in [0.1, 0.15) is 84.9 Å². The van der Waals surface area contributed by atoms with Crippen molar-refractivity contribution in [1.29, 1.82) is 0 Å². The number of amides is 3. The Morgan fingerprint density at radius 3 is 2.12 bits per heavy atom. The van der Waals surface area contributed by atoms with Gasteiger partial charge >= 0.3 is 6.09 Å². The first-order valence-electron chi connectivity index (χ1n) is 13.8. The second-order valence-corrected chi connectivity index (χ2v) is 12.0. The van der Waals surface area contributed by atoms with Gasteiger partial charge in [-0.15, -0.1) is 0 Å². The Kier molecular flexibility index (Phi) is 11.4. The third kappa shape index (κ3) is 10.8. The lowest BCUT2D eigenvalue weighted by molar-refractivity contribution is -0.143. The molecule has 0 radical (unpaired) electrons. The van der Waals surface area contributed by atoms with Crippen LogP contribution in [0, 0.1) is 0 Å². The van der Waals surface area contributed by atoms with Gasteiger partial charge < -0.3 is 30.5 Å². The minimum Gasteiger partial charge on any atom is -0.508 e. The maximum atomic E-state index is 14.3. The van der Waals surface area contributed by atoms with Crippen molar-refractivity contribution in [2.45, 2.75) is 97.4 Å². The van der Waals surface area contributed by atoms with Gasteiger partial charge in [-0.1, -0.05) is 44.0 Å². The van der Waals surface area contributed by atoms with Crippen molar-refractivity contribution in [3.05, 3.63) is 59.7 Å². The Morgan fingerprint density at radius 2 is 1.57 bits per heavy atom. The maximum Gasteiger partial charge on any atom is 0.408 e. The van der Waals surface area contributed by atoms with Crippen LogP contribution >= 0.6 is 0 Å². The van der Waals surface area contributed by atoms with Gasteiger partial charge in [0.25, 0.3) is 0 Å². The van der Waals surface area contributed by atoms with E-state index in [1.165, 1.54) is 29.2 Å². The van der Waals surface area contributed by atoms with Gasteiger partial charge in [-0.3, -0.25) is 9.59 Å². The van der Waals surface area contributed by atoms with E-state index < -0.39 is 41.1 Å². The van der Waals surface area contributed by atoms with E-state index in [0.717, 1.165) is 12.8 Å². The van der Waals surface area contributed by atoms with E-state index in [9.17, 15) is 24.6 Å². The smallest absolute Gasteiger partial charge is 0.408 e. The second-order valence-electron chi connectivity index (χ2n) is 12.0. The van der Waals surface area contributed by atoms with Crippen LogP contribution in [0.25, 0.3) is 0 Å². The highest BCUT2D eigenvalue weighted by molar-refractivity contribution is 5.92. The number of rotatable bonds is 11. The first-order chi connectivity index (χ1) is 18.6. The number of phenolic OH excluding ortho intramolecular Hbond substituents is 2. The number of phenols is 2. The minimum atomic E-state index is -1.07. The van der Waals surface area contributed by atoms with Gasteiger partial charge in [0, 0.05) is 18.5 Å². The summed E-state index contributed by atoms with van der Waals surface area (Å²) in [5.74, 6) is -0.814. The van der Waals surface area contributed by atoms with Crippen LogP contribution in [0.5, 0.6) is 11.5 Å². The number of nitrogens with one attached hydrogen (secondary N) is 2. The molecule has 0 saturated carbocycles. The largest absolute Gasteiger partial charge is 0.508 e. The quantitative estimate of drug-likeness (QED) is 0.282. The van der Waals surface area contributed by atoms with E-state index in [0.29, 0.717) is 17.5 Å². The Morgan fingerprint density at radius 1 is 0.925 bits per heavy atom. The first kappa shape index (κ1) is 32.5. The number of ether oxygens (including phenoxy) is 1. The molecule has 0 spiro atoms. The lowest BCUT2D eigenvalue weighted by Crippen LogP contribution is -2.55. The summed E-state index contributed by atoms with van der Waals surface area (Å²) in [7, 11) is 0. The molecule has 0 aliphatic carbocycles. The van der Waals surface area contributed by atoms with Gasteiger partial charge in [-0.2, -0.15) is 0 Å². The predicted octanol–water partition coefficient (Wildman–Crippen LogP) is 5.21. The molecule has 0 heterocycles. The van der Waals surface area contributed by atoms with Crippen LogP contribution in [-0.4, -0.2) is 56.7 Å². The van der Waals surface area contributed by atoms with Crippen LogP contribution in [-0.2, 0) is 20.7 Å². The van der Waals surface area contributed by atoms with Crippen molar-refractivity contribution < 1.29 is 29.3 Å². The lowest BCUT2D eigenvalue weighted by atomic mass is 9.98. The summed E-state index contributed by atoms with van der Waals surface area (Å²) in [6.45, 7) is 13.1. The summed E-state index contributed by atoms with van der Waals surface area (Å²) in [6, 6.07) is 10.5. The minimum absolute atomic E-state index is 0.0282. The monoisotopic (exact) mass is 555 g/mol. The molecule has 220 valence electrons. The standard InChI is InChI=1S/C31H45N3O6/c1-8-9-10-18-34(26(27(37)33-30(2,3)4)22-12-11-13-24(36)20-22)28(38)25(32-29(39)40-31(5,6)7)19-21-14-16-23(35)17-15-21/h11-17,20,25-26,35-36H,8-10,18-19H2,1-7H3,(H,32,39)(H,33,37). The third-order valence-electron chi connectivity index (χ3n) is 5.90. The number of nitrogens with zero attached hydrogens (tertiary/aromatic N) is 1. The van der Waals surface area contributed by atoms with Gasteiger partial charge in [0.05, 0.1) is 0 Å². The molecule has 9 heteroatoms. The number of carbonyl (C=O) groups excluding carboxylic acids is 3. The number of alkyl carbamates (subject to hydrolysis) is 1. The van der Waals surface area contributed by atoms with Crippen LogP contribution in [0.3, 0.4) is 0 Å². The van der Waals surface area contributed by atoms with Crippen LogP contribution in [0.15, 0.2) is 48.5 Å². The van der Waals surface area contributed by atoms with Crippen molar-refractivity contribution in [3.8, 4) is 11.5 Å². The molecule has 0 aliphatic rings. The van der Waals surface area contributed by atoms with E-state index in [1.807, 2.05) is 27.7 Å². The van der Waals surface area contributed by atoms with Gasteiger partial charge in [0.1, 0.15) is 29.2 Å². The van der Waals surface area contributed by atoms with Crippen LogP contribution < -0.4 is 10.6 Å². The summed E-state index contributed by atoms with van der Waals surface area (Å²) in [6.07, 6.45) is 1.72. The molecular weight excluding hydrogens is 510 g/mol. The molecule has 2 aromatic rings. The van der Waals surface area contributed by atoms with Crippen molar-refractivity contribution in [1.82, 2.24) is 15.5 Å². The zero-order valence-corrected chi connectivity index (χ0v) is 24.8. The van der Waals surface area contributed by atoms with E-state index in [-0.39, 0.29) is 24.5 Å². The molecule has 4 N–H and O–H groups in total. The Balaban J connectivity index is 2.58. The van der Waals surface area contributed by atoms with Gasteiger partial charge in [0.15, 0.2) is 0 Å². The molecule has 0 aromatic heterocycles. The third-order valence-corrected chi connectivity index (χ3v) is 5.90. The molecule has 0 bridgehead atoms. The molecule has 2 unspecified atom stereocenters. The highest BCUT2D eigenvalue weighted by atomic mass is 16.6. The molecule has 2 aromatic carbocycles. The molecular formula is C31H45N3O6. The Labute approximate surface area is 237 Å². The van der Waals surface area contributed by atoms with E-state index in [2.05, 4.69) is 10.6 Å². The number of unbranched alkanes of at least 4 members (excludes halogenated alkanes) is 2. The van der Waals surface area contributed by atoms with E-state index in [4.69, 9.17) is 4.74 Å². The fraction of sp³-hybridized carbons (Fsp3) is 0.516. The number of aromatic hydroxyl groups is 2. The van der Waals surface area contributed by atoms with Crippen LogP contribution in [0.4, 0.5) is 4.79 Å². The number of hydrogen-bond donors (Lipinski definition) is 4. The molecule has 0 saturated heterocycles. The molecule has 9 nitrogen and oxygen atoms in total. The Bertz CT molecular complexity index is 1130. The average Bonchev–Trinajstić information content (AvgIpc) is 2.81. The van der Waals surface area contributed by atoms with Crippen molar-refractivity contribution in [2.75, 3.05) is 6.54 Å². The molecule has 40 heavy (non-hydrogen) atoms. The summed E-state index contributed by atoms with van der Waals surface area (Å²) >= 11 is 0. The van der Waals surface area contributed by atoms with Gasteiger partial charge in [-0.25, -0.2) is 4.79 Å². The topological polar surface area (TPSA) is 128 Å². The number of hydrogen-bond acceptors (Lipinski definition) is 6. The summed E-state index contributed by atoms with van der Waals surface area (Å²) in [5.41, 5.74) is -0.209. The van der Waals surface area contributed by atoms with Crippen molar-refractivity contribution >= 4 is 17.9 Å². The summed E-state index contributed by atoms with van der Waals surface area (Å²) < 4.78 is 5.45. The molecule has 3 amide bonds. The highest BCUT2D eigenvalue weighted by Crippen LogP contribution is 2.27. The normalized spacial score (nSPS) is 13.2. The lowest BCUT2D eigenvalue weighted by Gasteiger charge is -2.36. The maximum absolute atomic E-state index is 14.3. The van der Waals surface area contributed by atoms with Crippen molar-refractivity contribution in [2.24, 2.45) is 0 Å². The van der Waals surface area contributed by atoms with Crippen molar-refractivity contribution in [3.63, 3.8) is 0 Å². The molecule has 0 aliphatic heterocycles. The molecule has 2 atom stereocenters.